The van der Waals surface area contributed by atoms with Crippen molar-refractivity contribution in [3.05, 3.63) is 18.2 Å². The van der Waals surface area contributed by atoms with Crippen molar-refractivity contribution < 1.29 is 0 Å². The van der Waals surface area contributed by atoms with Crippen LogP contribution in [0.5, 0.6) is 0 Å². The van der Waals surface area contributed by atoms with E-state index in [1.54, 1.807) is 0 Å². The second-order valence-electron chi connectivity index (χ2n) is 3.54. The monoisotopic (exact) mass is 206 g/mol. The number of nitriles is 1. The molecule has 15 heavy (non-hydrogen) atoms. The fraction of sp³-hybridized carbons (Fsp3) is 0.636. The minimum atomic E-state index is 0.613. The maximum Gasteiger partial charge on any atom is 0.0949 e. The van der Waals surface area contributed by atoms with Gasteiger partial charge in [-0.05, 0) is 19.4 Å². The molecule has 1 heterocycles. The molecule has 4 heteroatoms. The Balaban J connectivity index is 2.26. The van der Waals surface area contributed by atoms with Crippen molar-refractivity contribution in [2.24, 2.45) is 0 Å². The number of aromatic nitrogens is 2. The highest BCUT2D eigenvalue weighted by Gasteiger charge is 1.97. The van der Waals surface area contributed by atoms with Crippen LogP contribution in [0.1, 0.15) is 31.9 Å². The van der Waals surface area contributed by atoms with Crippen LogP contribution in [0.15, 0.2) is 12.5 Å². The SMILES string of the molecule is CCCNCc1cn(CCCC#N)cn1. The summed E-state index contributed by atoms with van der Waals surface area (Å²) >= 11 is 0. The molecule has 0 unspecified atom stereocenters. The molecule has 1 rings (SSSR count). The Morgan fingerprint density at radius 3 is 3.20 bits per heavy atom. The summed E-state index contributed by atoms with van der Waals surface area (Å²) in [5.74, 6) is 0. The Morgan fingerprint density at radius 2 is 2.47 bits per heavy atom. The zero-order valence-electron chi connectivity index (χ0n) is 9.24. The number of imidazole rings is 1. The Morgan fingerprint density at radius 1 is 1.60 bits per heavy atom. The third-order valence-corrected chi connectivity index (χ3v) is 2.12. The van der Waals surface area contributed by atoms with Gasteiger partial charge in [0.2, 0.25) is 0 Å². The van der Waals surface area contributed by atoms with Gasteiger partial charge in [0.05, 0.1) is 18.1 Å². The van der Waals surface area contributed by atoms with Crippen LogP contribution in [0.2, 0.25) is 0 Å². The van der Waals surface area contributed by atoms with E-state index in [0.717, 1.165) is 38.2 Å². The van der Waals surface area contributed by atoms with Crippen molar-refractivity contribution in [2.45, 2.75) is 39.3 Å². The topological polar surface area (TPSA) is 53.6 Å². The van der Waals surface area contributed by atoms with E-state index in [1.807, 2.05) is 17.1 Å². The molecule has 4 nitrogen and oxygen atoms in total. The maximum absolute atomic E-state index is 8.41. The van der Waals surface area contributed by atoms with E-state index in [-0.39, 0.29) is 0 Å². The normalized spacial score (nSPS) is 10.1. The van der Waals surface area contributed by atoms with E-state index >= 15 is 0 Å². The molecule has 0 fully saturated rings. The average Bonchev–Trinajstić information content (AvgIpc) is 2.67. The minimum Gasteiger partial charge on any atom is -0.337 e. The largest absolute Gasteiger partial charge is 0.337 e. The van der Waals surface area contributed by atoms with E-state index in [9.17, 15) is 0 Å². The van der Waals surface area contributed by atoms with Crippen molar-refractivity contribution in [1.29, 1.82) is 5.26 Å². The summed E-state index contributed by atoms with van der Waals surface area (Å²) in [4.78, 5) is 4.28. The molecule has 0 spiro atoms. The first-order valence-electron chi connectivity index (χ1n) is 5.45. The second-order valence-corrected chi connectivity index (χ2v) is 3.54. The summed E-state index contributed by atoms with van der Waals surface area (Å²) in [6, 6.07) is 2.14. The Hall–Kier alpha value is -1.34. The molecule has 1 N–H and O–H groups in total. The molecule has 0 aliphatic rings. The summed E-state index contributed by atoms with van der Waals surface area (Å²) in [5.41, 5.74) is 1.07. The number of aryl methyl sites for hydroxylation is 1. The first-order chi connectivity index (χ1) is 7.36. The van der Waals surface area contributed by atoms with Crippen LogP contribution in [0.25, 0.3) is 0 Å². The van der Waals surface area contributed by atoms with Gasteiger partial charge in [-0.15, -0.1) is 0 Å². The summed E-state index contributed by atoms with van der Waals surface area (Å²) < 4.78 is 2.04. The van der Waals surface area contributed by atoms with Gasteiger partial charge in [-0.2, -0.15) is 5.26 Å². The lowest BCUT2D eigenvalue weighted by Crippen LogP contribution is -2.13. The van der Waals surface area contributed by atoms with Crippen LogP contribution >= 0.6 is 0 Å². The molecule has 0 saturated carbocycles. The van der Waals surface area contributed by atoms with Gasteiger partial charge < -0.3 is 9.88 Å². The quantitative estimate of drug-likeness (QED) is 0.691. The molecule has 82 valence electrons. The zero-order valence-corrected chi connectivity index (χ0v) is 9.24. The third kappa shape index (κ3) is 4.61. The molecule has 0 bridgehead atoms. The number of nitrogens with one attached hydrogen (secondary N) is 1. The van der Waals surface area contributed by atoms with Crippen molar-refractivity contribution in [3.8, 4) is 6.07 Å². The van der Waals surface area contributed by atoms with E-state index in [1.165, 1.54) is 0 Å². The van der Waals surface area contributed by atoms with Crippen molar-refractivity contribution in [2.75, 3.05) is 6.54 Å². The highest BCUT2D eigenvalue weighted by Crippen LogP contribution is 1.99. The van der Waals surface area contributed by atoms with Gasteiger partial charge in [0.15, 0.2) is 0 Å². The summed E-state index contributed by atoms with van der Waals surface area (Å²) in [5, 5.41) is 11.7. The number of unbranched alkanes of at least 4 members (excludes halogenated alkanes) is 1. The molecule has 0 aromatic carbocycles. The van der Waals surface area contributed by atoms with Gasteiger partial charge in [0, 0.05) is 25.7 Å². The molecule has 1 aromatic rings. The maximum atomic E-state index is 8.41. The predicted octanol–water partition coefficient (Wildman–Crippen LogP) is 1.69. The van der Waals surface area contributed by atoms with Crippen LogP contribution in [-0.4, -0.2) is 16.1 Å². The van der Waals surface area contributed by atoms with Crippen molar-refractivity contribution in [3.63, 3.8) is 0 Å². The number of hydrogen-bond acceptors (Lipinski definition) is 3. The smallest absolute Gasteiger partial charge is 0.0949 e. The lowest BCUT2D eigenvalue weighted by atomic mass is 10.3. The standard InChI is InChI=1S/C11H18N4/c1-2-6-13-8-11-9-15(10-14-11)7-4-3-5-12/h9-10,13H,2-4,6-8H2,1H3. The molecule has 0 saturated heterocycles. The van der Waals surface area contributed by atoms with Gasteiger partial charge in [0.25, 0.3) is 0 Å². The zero-order chi connectivity index (χ0) is 10.9. The van der Waals surface area contributed by atoms with Crippen molar-refractivity contribution >= 4 is 0 Å². The van der Waals surface area contributed by atoms with E-state index in [2.05, 4.69) is 23.3 Å². The third-order valence-electron chi connectivity index (χ3n) is 2.12. The number of nitrogens with zero attached hydrogens (tertiary/aromatic N) is 3. The van der Waals surface area contributed by atoms with Gasteiger partial charge >= 0.3 is 0 Å². The van der Waals surface area contributed by atoms with Gasteiger partial charge in [-0.3, -0.25) is 0 Å². The first kappa shape index (κ1) is 11.7. The molecule has 0 atom stereocenters. The van der Waals surface area contributed by atoms with Crippen LogP contribution in [-0.2, 0) is 13.1 Å². The molecule has 0 aliphatic heterocycles. The van der Waals surface area contributed by atoms with Crippen LogP contribution in [0, 0.1) is 11.3 Å². The predicted molar refractivity (Wildman–Crippen MR) is 59.1 cm³/mol. The molecular formula is C11H18N4. The van der Waals surface area contributed by atoms with E-state index < -0.39 is 0 Å². The van der Waals surface area contributed by atoms with Crippen molar-refractivity contribution in [1.82, 2.24) is 14.9 Å². The molecule has 0 radical (unpaired) electrons. The fourth-order valence-electron chi connectivity index (χ4n) is 1.35. The molecule has 0 aliphatic carbocycles. The highest BCUT2D eigenvalue weighted by molar-refractivity contribution is 4.96. The highest BCUT2D eigenvalue weighted by atomic mass is 15.0. The average molecular weight is 206 g/mol. The summed E-state index contributed by atoms with van der Waals surface area (Å²) in [6.07, 6.45) is 6.53. The number of hydrogen-bond donors (Lipinski definition) is 1. The fourth-order valence-corrected chi connectivity index (χ4v) is 1.35. The summed E-state index contributed by atoms with van der Waals surface area (Å²) in [7, 11) is 0. The molecular weight excluding hydrogens is 188 g/mol. The lowest BCUT2D eigenvalue weighted by Gasteiger charge is -1.99. The van der Waals surface area contributed by atoms with Gasteiger partial charge in [0.1, 0.15) is 0 Å². The minimum absolute atomic E-state index is 0.613. The summed E-state index contributed by atoms with van der Waals surface area (Å²) in [6.45, 7) is 4.89. The van der Waals surface area contributed by atoms with Crippen LogP contribution in [0.3, 0.4) is 0 Å². The van der Waals surface area contributed by atoms with Gasteiger partial charge in [-0.25, -0.2) is 4.98 Å². The number of rotatable bonds is 7. The first-order valence-corrected chi connectivity index (χ1v) is 5.45. The lowest BCUT2D eigenvalue weighted by molar-refractivity contribution is 0.647. The molecule has 0 amide bonds. The Kier molecular flexibility index (Phi) is 5.49. The van der Waals surface area contributed by atoms with E-state index in [4.69, 9.17) is 5.26 Å². The van der Waals surface area contributed by atoms with Crippen LogP contribution in [0.4, 0.5) is 0 Å². The Labute approximate surface area is 90.9 Å². The molecule has 1 aromatic heterocycles. The second kappa shape index (κ2) is 7.02. The van der Waals surface area contributed by atoms with Gasteiger partial charge in [-0.1, -0.05) is 6.92 Å². The van der Waals surface area contributed by atoms with Crippen LogP contribution < -0.4 is 5.32 Å². The van der Waals surface area contributed by atoms with E-state index in [0.29, 0.717) is 6.42 Å². The Bertz CT molecular complexity index is 311.